The molecule has 0 unspecified atom stereocenters. The summed E-state index contributed by atoms with van der Waals surface area (Å²) in [6.45, 7) is 1.88. The molecule has 2 aromatic rings. The summed E-state index contributed by atoms with van der Waals surface area (Å²) in [6, 6.07) is 0. The second-order valence-corrected chi connectivity index (χ2v) is 2.56. The maximum absolute atomic E-state index is 5.75. The Balaban J connectivity index is 2.55. The lowest BCUT2D eigenvalue weighted by Gasteiger charge is -1.96. The number of nitrogens with two attached hydrogens (primary N) is 1. The number of aromatic amines is 1. The van der Waals surface area contributed by atoms with Crippen LogP contribution in [0.2, 0.25) is 0 Å². The van der Waals surface area contributed by atoms with E-state index in [0.29, 0.717) is 11.5 Å². The fourth-order valence-corrected chi connectivity index (χ4v) is 1.01. The van der Waals surface area contributed by atoms with Gasteiger partial charge < -0.3 is 5.73 Å². The van der Waals surface area contributed by atoms with Gasteiger partial charge in [-0.1, -0.05) is 0 Å². The van der Waals surface area contributed by atoms with Crippen LogP contribution in [-0.2, 0) is 0 Å². The van der Waals surface area contributed by atoms with Crippen LogP contribution >= 0.6 is 0 Å². The van der Waals surface area contributed by atoms with Crippen LogP contribution in [0.4, 0.5) is 5.69 Å². The SMILES string of the molecule is Cc1[nH]nc(-n2ccnc2)c1N. The minimum atomic E-state index is 0.660. The van der Waals surface area contributed by atoms with Gasteiger partial charge in [0.15, 0.2) is 5.82 Å². The minimum absolute atomic E-state index is 0.660. The van der Waals surface area contributed by atoms with E-state index in [2.05, 4.69) is 15.2 Å². The second kappa shape index (κ2) is 2.37. The molecule has 0 atom stereocenters. The first-order chi connectivity index (χ1) is 5.79. The van der Waals surface area contributed by atoms with Crippen LogP contribution in [0.5, 0.6) is 0 Å². The molecule has 12 heavy (non-hydrogen) atoms. The van der Waals surface area contributed by atoms with E-state index >= 15 is 0 Å². The van der Waals surface area contributed by atoms with Gasteiger partial charge in [-0.2, -0.15) is 5.10 Å². The number of anilines is 1. The molecule has 0 radical (unpaired) electrons. The number of nitrogen functional groups attached to an aromatic ring is 1. The first-order valence-electron chi connectivity index (χ1n) is 3.58. The number of rotatable bonds is 1. The highest BCUT2D eigenvalue weighted by Crippen LogP contribution is 2.16. The Morgan fingerprint density at radius 1 is 1.58 bits per heavy atom. The summed E-state index contributed by atoms with van der Waals surface area (Å²) in [5.41, 5.74) is 7.29. The van der Waals surface area contributed by atoms with Gasteiger partial charge >= 0.3 is 0 Å². The van der Waals surface area contributed by atoms with Crippen LogP contribution in [-0.4, -0.2) is 19.7 Å². The van der Waals surface area contributed by atoms with Crippen LogP contribution in [0.3, 0.4) is 0 Å². The van der Waals surface area contributed by atoms with Crippen LogP contribution < -0.4 is 5.73 Å². The van der Waals surface area contributed by atoms with Gasteiger partial charge in [-0.3, -0.25) is 9.67 Å². The normalized spacial score (nSPS) is 10.4. The third-order valence-corrected chi connectivity index (χ3v) is 1.72. The van der Waals surface area contributed by atoms with Gasteiger partial charge in [0, 0.05) is 12.4 Å². The predicted octanol–water partition coefficient (Wildman–Crippen LogP) is 0.486. The second-order valence-electron chi connectivity index (χ2n) is 2.56. The van der Waals surface area contributed by atoms with Crippen molar-refractivity contribution in [3.8, 4) is 5.82 Å². The third-order valence-electron chi connectivity index (χ3n) is 1.72. The molecule has 0 aliphatic rings. The average molecular weight is 163 g/mol. The average Bonchev–Trinajstić information content (AvgIpc) is 2.64. The summed E-state index contributed by atoms with van der Waals surface area (Å²) in [4.78, 5) is 3.90. The van der Waals surface area contributed by atoms with Gasteiger partial charge in [0.05, 0.1) is 11.4 Å². The Bertz CT molecular complexity index is 372. The summed E-state index contributed by atoms with van der Waals surface area (Å²) in [7, 11) is 0. The molecule has 2 heterocycles. The molecule has 0 aromatic carbocycles. The van der Waals surface area contributed by atoms with Crippen molar-refractivity contribution in [3.05, 3.63) is 24.4 Å². The smallest absolute Gasteiger partial charge is 0.183 e. The number of nitrogens with zero attached hydrogens (tertiary/aromatic N) is 3. The van der Waals surface area contributed by atoms with E-state index in [0.717, 1.165) is 5.69 Å². The fraction of sp³-hybridized carbons (Fsp3) is 0.143. The first-order valence-corrected chi connectivity index (χ1v) is 3.58. The van der Waals surface area contributed by atoms with Gasteiger partial charge in [-0.25, -0.2) is 4.98 Å². The van der Waals surface area contributed by atoms with Crippen molar-refractivity contribution in [3.63, 3.8) is 0 Å². The van der Waals surface area contributed by atoms with Crippen LogP contribution in [0.1, 0.15) is 5.69 Å². The quantitative estimate of drug-likeness (QED) is 0.642. The van der Waals surface area contributed by atoms with Crippen LogP contribution in [0.25, 0.3) is 5.82 Å². The molecule has 0 saturated heterocycles. The van der Waals surface area contributed by atoms with Crippen molar-refractivity contribution in [2.75, 3.05) is 5.73 Å². The molecule has 3 N–H and O–H groups in total. The zero-order valence-electron chi connectivity index (χ0n) is 6.65. The molecule has 62 valence electrons. The molecule has 0 fully saturated rings. The number of aryl methyl sites for hydroxylation is 1. The monoisotopic (exact) mass is 163 g/mol. The third kappa shape index (κ3) is 0.868. The Kier molecular flexibility index (Phi) is 1.36. The zero-order valence-corrected chi connectivity index (χ0v) is 6.65. The number of aromatic nitrogens is 4. The maximum atomic E-state index is 5.75. The molecule has 2 rings (SSSR count). The van der Waals surface area contributed by atoms with Crippen molar-refractivity contribution in [1.29, 1.82) is 0 Å². The van der Waals surface area contributed by atoms with Gasteiger partial charge in [0.1, 0.15) is 6.33 Å². The lowest BCUT2D eigenvalue weighted by atomic mass is 10.4. The first kappa shape index (κ1) is 6.90. The minimum Gasteiger partial charge on any atom is -0.394 e. The van der Waals surface area contributed by atoms with Gasteiger partial charge in [-0.05, 0) is 6.92 Å². The van der Waals surface area contributed by atoms with Crippen molar-refractivity contribution >= 4 is 5.69 Å². The number of hydrogen-bond acceptors (Lipinski definition) is 3. The molecule has 0 aliphatic heterocycles. The molecule has 5 heteroatoms. The molecule has 0 saturated carbocycles. The van der Waals surface area contributed by atoms with E-state index < -0.39 is 0 Å². The van der Waals surface area contributed by atoms with Crippen molar-refractivity contribution in [2.24, 2.45) is 0 Å². The number of hydrogen-bond donors (Lipinski definition) is 2. The van der Waals surface area contributed by atoms with Crippen LogP contribution in [0, 0.1) is 6.92 Å². The summed E-state index contributed by atoms with van der Waals surface area (Å²) in [6.07, 6.45) is 5.14. The van der Waals surface area contributed by atoms with Crippen molar-refractivity contribution < 1.29 is 0 Å². The number of nitrogens with one attached hydrogen (secondary N) is 1. The Morgan fingerprint density at radius 3 is 2.92 bits per heavy atom. The van der Waals surface area contributed by atoms with Crippen molar-refractivity contribution in [1.82, 2.24) is 19.7 Å². The zero-order chi connectivity index (χ0) is 8.55. The topological polar surface area (TPSA) is 72.5 Å². The molecule has 0 spiro atoms. The maximum Gasteiger partial charge on any atom is 0.183 e. The standard InChI is InChI=1S/C7H9N5/c1-5-6(8)7(11-10-5)12-3-2-9-4-12/h2-4H,8H2,1H3,(H,10,11). The Morgan fingerprint density at radius 2 is 2.42 bits per heavy atom. The molecule has 2 aromatic heterocycles. The molecule has 0 aliphatic carbocycles. The number of H-pyrrole nitrogens is 1. The van der Waals surface area contributed by atoms with Crippen LogP contribution in [0.15, 0.2) is 18.7 Å². The highest BCUT2D eigenvalue weighted by Gasteiger charge is 2.06. The molecular formula is C7H9N5. The Labute approximate surface area is 69.2 Å². The number of imidazole rings is 1. The summed E-state index contributed by atoms with van der Waals surface area (Å²) >= 11 is 0. The summed E-state index contributed by atoms with van der Waals surface area (Å²) in [5.74, 6) is 0.699. The van der Waals surface area contributed by atoms with Gasteiger partial charge in [-0.15, -0.1) is 0 Å². The molecule has 5 nitrogen and oxygen atoms in total. The molecular weight excluding hydrogens is 154 g/mol. The lowest BCUT2D eigenvalue weighted by Crippen LogP contribution is -1.95. The van der Waals surface area contributed by atoms with E-state index in [1.165, 1.54) is 0 Å². The predicted molar refractivity (Wildman–Crippen MR) is 44.9 cm³/mol. The van der Waals surface area contributed by atoms with E-state index in [9.17, 15) is 0 Å². The van der Waals surface area contributed by atoms with E-state index in [1.54, 1.807) is 23.3 Å². The van der Waals surface area contributed by atoms with E-state index in [1.807, 2.05) is 6.92 Å². The van der Waals surface area contributed by atoms with E-state index in [-0.39, 0.29) is 0 Å². The highest BCUT2D eigenvalue weighted by molar-refractivity contribution is 5.56. The molecule has 0 bridgehead atoms. The summed E-state index contributed by atoms with van der Waals surface area (Å²) in [5, 5.41) is 6.83. The lowest BCUT2D eigenvalue weighted by molar-refractivity contribution is 0.948. The molecule has 0 amide bonds. The largest absolute Gasteiger partial charge is 0.394 e. The highest BCUT2D eigenvalue weighted by atomic mass is 15.2. The van der Waals surface area contributed by atoms with Gasteiger partial charge in [0.2, 0.25) is 0 Å². The van der Waals surface area contributed by atoms with Gasteiger partial charge in [0.25, 0.3) is 0 Å². The van der Waals surface area contributed by atoms with Crippen molar-refractivity contribution in [2.45, 2.75) is 6.92 Å². The Hall–Kier alpha value is -1.78. The van der Waals surface area contributed by atoms with E-state index in [4.69, 9.17) is 5.73 Å². The fourth-order valence-electron chi connectivity index (χ4n) is 1.01. The summed E-state index contributed by atoms with van der Waals surface area (Å²) < 4.78 is 1.76.